The van der Waals surface area contributed by atoms with Gasteiger partial charge >= 0.3 is 6.18 Å². The largest absolute Gasteiger partial charge is 0.504 e. The minimum Gasteiger partial charge on any atom is -0.504 e. The van der Waals surface area contributed by atoms with E-state index in [0.717, 1.165) is 6.07 Å². The molecule has 0 spiro atoms. The molecule has 4 N–H and O–H groups in total. The van der Waals surface area contributed by atoms with Crippen LogP contribution in [0.15, 0.2) is 12.1 Å². The van der Waals surface area contributed by atoms with Crippen LogP contribution in [0.4, 0.5) is 13.2 Å². The van der Waals surface area contributed by atoms with Crippen molar-refractivity contribution in [3.05, 3.63) is 17.7 Å². The summed E-state index contributed by atoms with van der Waals surface area (Å²) < 4.78 is 37.9. The van der Waals surface area contributed by atoms with E-state index in [1.165, 1.54) is 6.07 Å². The van der Waals surface area contributed by atoms with E-state index in [0.29, 0.717) is 0 Å². The monoisotopic (exact) mass is 263 g/mol. The van der Waals surface area contributed by atoms with Crippen LogP contribution < -0.4 is 5.32 Å². The Bertz CT molecular complexity index is 469. The Hall–Kier alpha value is -1.63. The molecule has 1 saturated carbocycles. The molecule has 1 aliphatic carbocycles. The molecule has 1 aliphatic rings. The molecular formula is C11H12F3NO3. The second-order valence-corrected chi connectivity index (χ2v) is 4.37. The predicted octanol–water partition coefficient (Wildman–Crippen LogP) is 1.99. The molecule has 0 heterocycles. The normalized spacial score (nSPS) is 17.7. The van der Waals surface area contributed by atoms with E-state index >= 15 is 0 Å². The lowest BCUT2D eigenvalue weighted by molar-refractivity contribution is -0.166. The second-order valence-electron chi connectivity index (χ2n) is 4.37. The van der Waals surface area contributed by atoms with E-state index in [9.17, 15) is 23.4 Å². The predicted molar refractivity (Wildman–Crippen MR) is 56.3 cm³/mol. The van der Waals surface area contributed by atoms with E-state index in [4.69, 9.17) is 5.11 Å². The van der Waals surface area contributed by atoms with Crippen molar-refractivity contribution < 1.29 is 28.5 Å². The molecule has 1 fully saturated rings. The van der Waals surface area contributed by atoms with E-state index in [1.54, 1.807) is 0 Å². The van der Waals surface area contributed by atoms with Gasteiger partial charge in [0.1, 0.15) is 5.54 Å². The van der Waals surface area contributed by atoms with Gasteiger partial charge in [-0.15, -0.1) is 0 Å². The first-order valence-electron chi connectivity index (χ1n) is 5.31. The van der Waals surface area contributed by atoms with Crippen molar-refractivity contribution in [2.45, 2.75) is 31.1 Å². The smallest absolute Gasteiger partial charge is 0.406 e. The van der Waals surface area contributed by atoms with Crippen molar-refractivity contribution >= 4 is 0 Å². The number of phenols is 3. The van der Waals surface area contributed by atoms with Crippen molar-refractivity contribution in [2.75, 3.05) is 0 Å². The van der Waals surface area contributed by atoms with E-state index in [-0.39, 0.29) is 24.9 Å². The Morgan fingerprint density at radius 2 is 1.72 bits per heavy atom. The molecule has 7 heteroatoms. The summed E-state index contributed by atoms with van der Waals surface area (Å²) in [5.41, 5.74) is -1.78. The number of benzene rings is 1. The average molecular weight is 263 g/mol. The van der Waals surface area contributed by atoms with Crippen molar-refractivity contribution in [1.82, 2.24) is 5.32 Å². The molecule has 0 radical (unpaired) electrons. The van der Waals surface area contributed by atoms with Crippen LogP contribution in [0, 0.1) is 0 Å². The van der Waals surface area contributed by atoms with Crippen LogP contribution >= 0.6 is 0 Å². The summed E-state index contributed by atoms with van der Waals surface area (Å²) in [6.07, 6.45) is -4.33. The van der Waals surface area contributed by atoms with Gasteiger partial charge in [0.15, 0.2) is 11.5 Å². The number of rotatable bonds is 3. The summed E-state index contributed by atoms with van der Waals surface area (Å²) in [7, 11) is 0. The van der Waals surface area contributed by atoms with Gasteiger partial charge in [-0.05, 0) is 18.9 Å². The van der Waals surface area contributed by atoms with E-state index < -0.39 is 29.0 Å². The molecule has 1 aromatic carbocycles. The molecule has 4 nitrogen and oxygen atoms in total. The van der Waals surface area contributed by atoms with Crippen molar-refractivity contribution in [3.8, 4) is 17.2 Å². The molecule has 1 aromatic rings. The maximum atomic E-state index is 12.6. The minimum atomic E-state index is -4.33. The van der Waals surface area contributed by atoms with Gasteiger partial charge in [0.05, 0.1) is 0 Å². The molecule has 0 aliphatic heterocycles. The van der Waals surface area contributed by atoms with Crippen LogP contribution in [0.5, 0.6) is 17.2 Å². The van der Waals surface area contributed by atoms with Crippen LogP contribution in [-0.2, 0) is 6.54 Å². The van der Waals surface area contributed by atoms with Crippen molar-refractivity contribution in [3.63, 3.8) is 0 Å². The third-order valence-electron chi connectivity index (χ3n) is 3.12. The molecule has 2 rings (SSSR count). The van der Waals surface area contributed by atoms with E-state index in [1.807, 2.05) is 0 Å². The Balaban J connectivity index is 2.10. The van der Waals surface area contributed by atoms with Gasteiger partial charge in [-0.25, -0.2) is 0 Å². The Morgan fingerprint density at radius 3 is 2.22 bits per heavy atom. The number of nitrogens with one attached hydrogen (secondary N) is 1. The number of phenolic OH excluding ortho intramolecular Hbond substituents is 3. The van der Waals surface area contributed by atoms with Gasteiger partial charge in [0.25, 0.3) is 0 Å². The van der Waals surface area contributed by atoms with Crippen LogP contribution in [0.1, 0.15) is 18.4 Å². The molecule has 0 amide bonds. The van der Waals surface area contributed by atoms with Gasteiger partial charge in [-0.3, -0.25) is 5.32 Å². The first-order chi connectivity index (χ1) is 8.27. The number of hydrogen-bond acceptors (Lipinski definition) is 4. The molecule has 0 atom stereocenters. The van der Waals surface area contributed by atoms with Gasteiger partial charge in [-0.1, -0.05) is 6.07 Å². The van der Waals surface area contributed by atoms with Crippen LogP contribution in [0.3, 0.4) is 0 Å². The van der Waals surface area contributed by atoms with Crippen molar-refractivity contribution in [1.29, 1.82) is 0 Å². The molecule has 0 unspecified atom stereocenters. The molecule has 0 bridgehead atoms. The standard InChI is InChI=1S/C11H12F3NO3/c12-11(13,14)10(3-4-10)15-5-6-1-2-7(16)9(18)8(6)17/h1-2,15-18H,3-5H2. The molecule has 18 heavy (non-hydrogen) atoms. The number of alkyl halides is 3. The molecule has 0 saturated heterocycles. The molecular weight excluding hydrogens is 251 g/mol. The highest BCUT2D eigenvalue weighted by Gasteiger charge is 2.62. The number of aromatic hydroxyl groups is 3. The van der Waals surface area contributed by atoms with Gasteiger partial charge in [0.2, 0.25) is 5.75 Å². The third-order valence-corrected chi connectivity index (χ3v) is 3.12. The van der Waals surface area contributed by atoms with Crippen LogP contribution in [0.25, 0.3) is 0 Å². The summed E-state index contributed by atoms with van der Waals surface area (Å²) in [5, 5.41) is 30.1. The fourth-order valence-corrected chi connectivity index (χ4v) is 1.70. The van der Waals surface area contributed by atoms with Gasteiger partial charge in [0, 0.05) is 12.1 Å². The quantitative estimate of drug-likeness (QED) is 0.629. The minimum absolute atomic E-state index is 0.00132. The lowest BCUT2D eigenvalue weighted by Crippen LogP contribution is -2.44. The topological polar surface area (TPSA) is 72.7 Å². The zero-order valence-electron chi connectivity index (χ0n) is 9.25. The molecule has 100 valence electrons. The highest BCUT2D eigenvalue weighted by molar-refractivity contribution is 5.53. The SMILES string of the molecule is Oc1ccc(CNC2(C(F)(F)F)CC2)c(O)c1O. The number of hydrogen-bond donors (Lipinski definition) is 4. The first-order valence-corrected chi connectivity index (χ1v) is 5.31. The Kier molecular flexibility index (Phi) is 2.81. The fraction of sp³-hybridized carbons (Fsp3) is 0.455. The number of halogens is 3. The third kappa shape index (κ3) is 2.05. The maximum Gasteiger partial charge on any atom is 0.406 e. The summed E-state index contributed by atoms with van der Waals surface area (Å²) in [6.45, 7) is -0.237. The Labute approximate surface area is 101 Å². The summed E-state index contributed by atoms with van der Waals surface area (Å²) in [5.74, 6) is -1.86. The maximum absolute atomic E-state index is 12.6. The second kappa shape index (κ2) is 3.94. The van der Waals surface area contributed by atoms with Crippen LogP contribution in [-0.4, -0.2) is 27.0 Å². The van der Waals surface area contributed by atoms with E-state index in [2.05, 4.69) is 5.32 Å². The Morgan fingerprint density at radius 1 is 1.11 bits per heavy atom. The summed E-state index contributed by atoms with van der Waals surface area (Å²) in [6, 6.07) is 2.36. The zero-order chi connectivity index (χ0) is 13.6. The first kappa shape index (κ1) is 12.8. The van der Waals surface area contributed by atoms with Crippen LogP contribution in [0.2, 0.25) is 0 Å². The highest BCUT2D eigenvalue weighted by Crippen LogP contribution is 2.49. The van der Waals surface area contributed by atoms with Gasteiger partial charge in [-0.2, -0.15) is 13.2 Å². The summed E-state index contributed by atoms with van der Waals surface area (Å²) in [4.78, 5) is 0. The fourth-order valence-electron chi connectivity index (χ4n) is 1.70. The zero-order valence-corrected chi connectivity index (χ0v) is 9.25. The average Bonchev–Trinajstić information content (AvgIpc) is 3.05. The van der Waals surface area contributed by atoms with Gasteiger partial charge < -0.3 is 15.3 Å². The lowest BCUT2D eigenvalue weighted by Gasteiger charge is -2.21. The molecule has 0 aromatic heterocycles. The summed E-state index contributed by atoms with van der Waals surface area (Å²) >= 11 is 0. The lowest BCUT2D eigenvalue weighted by atomic mass is 10.1. The van der Waals surface area contributed by atoms with Crippen molar-refractivity contribution in [2.24, 2.45) is 0 Å². The highest BCUT2D eigenvalue weighted by atomic mass is 19.4.